The van der Waals surface area contributed by atoms with Crippen molar-refractivity contribution in [2.24, 2.45) is 5.92 Å². The highest BCUT2D eigenvalue weighted by molar-refractivity contribution is 7.88. The number of hydrogen-bond acceptors (Lipinski definition) is 8. The number of pyridine rings is 1. The van der Waals surface area contributed by atoms with Gasteiger partial charge in [0.25, 0.3) is 5.91 Å². The summed E-state index contributed by atoms with van der Waals surface area (Å²) in [6.45, 7) is 3.82. The highest BCUT2D eigenvalue weighted by Crippen LogP contribution is 2.44. The zero-order valence-corrected chi connectivity index (χ0v) is 27.8. The summed E-state index contributed by atoms with van der Waals surface area (Å²) in [6, 6.07) is 17.4. The third-order valence-corrected chi connectivity index (χ3v) is 9.64. The summed E-state index contributed by atoms with van der Waals surface area (Å²) in [6.07, 6.45) is 2.61. The average Bonchev–Trinajstić information content (AvgIpc) is 3.85. The van der Waals surface area contributed by atoms with Crippen molar-refractivity contribution in [3.8, 4) is 11.3 Å². The monoisotopic (exact) mass is 660 g/mol. The first-order chi connectivity index (χ1) is 22.5. The zero-order valence-electron chi connectivity index (χ0n) is 27.0. The standard InChI is InChI=1S/C35H40N4O7S/c1-21-12-14-25(15-13-21)31-29(33(41)36-3)27-19-26(23-16-17-23)28(38-34(27)46-31)20-47(43,44)37-18-8-9-22(2)32(40)39-30(35(42)45-4)24-10-6-5-7-11-24/h5-7,10-15,19,22-23,30,37H,8-9,16-18,20H2,1-4H3,(H,36,41)(H,39,40)/t22-,30+/m1/s1. The molecule has 2 amide bonds. The summed E-state index contributed by atoms with van der Waals surface area (Å²) in [5.41, 5.74) is 4.15. The molecule has 47 heavy (non-hydrogen) atoms. The van der Waals surface area contributed by atoms with Gasteiger partial charge < -0.3 is 19.8 Å². The predicted octanol–water partition coefficient (Wildman–Crippen LogP) is 4.91. The van der Waals surface area contributed by atoms with E-state index in [0.29, 0.717) is 40.8 Å². The summed E-state index contributed by atoms with van der Waals surface area (Å²) in [5.74, 6) is -1.50. The molecule has 1 saturated carbocycles. The molecular weight excluding hydrogens is 620 g/mol. The van der Waals surface area contributed by atoms with Crippen molar-refractivity contribution in [2.75, 3.05) is 20.7 Å². The minimum absolute atomic E-state index is 0.124. The number of furan rings is 1. The van der Waals surface area contributed by atoms with Crippen LogP contribution in [0.25, 0.3) is 22.4 Å². The number of sulfonamides is 1. The quantitative estimate of drug-likeness (QED) is 0.127. The van der Waals surface area contributed by atoms with Crippen LogP contribution in [0, 0.1) is 12.8 Å². The average molecular weight is 661 g/mol. The van der Waals surface area contributed by atoms with Crippen LogP contribution in [0.15, 0.2) is 65.1 Å². The number of ether oxygens (including phenoxy) is 1. The Morgan fingerprint density at radius 2 is 1.77 bits per heavy atom. The van der Waals surface area contributed by atoms with E-state index >= 15 is 0 Å². The van der Waals surface area contributed by atoms with Gasteiger partial charge in [0.15, 0.2) is 6.04 Å². The van der Waals surface area contributed by atoms with E-state index in [4.69, 9.17) is 9.15 Å². The third kappa shape index (κ3) is 8.06. The number of methoxy groups -OCH3 is 1. The Bertz CT molecular complexity index is 1870. The van der Waals surface area contributed by atoms with E-state index in [2.05, 4.69) is 20.3 Å². The van der Waals surface area contributed by atoms with E-state index < -0.39 is 28.0 Å². The number of carbonyl (C=O) groups excluding carboxylic acids is 3. The van der Waals surface area contributed by atoms with Crippen LogP contribution in [0.4, 0.5) is 0 Å². The van der Waals surface area contributed by atoms with Crippen molar-refractivity contribution >= 4 is 38.9 Å². The number of amides is 2. The van der Waals surface area contributed by atoms with E-state index in [-0.39, 0.29) is 35.7 Å². The number of rotatable bonds is 14. The lowest BCUT2D eigenvalue weighted by Crippen LogP contribution is -2.37. The number of fused-ring (bicyclic) bond motifs is 1. The molecule has 5 rings (SSSR count). The van der Waals surface area contributed by atoms with E-state index in [1.165, 1.54) is 7.11 Å². The van der Waals surface area contributed by atoms with Gasteiger partial charge in [-0.05, 0) is 55.7 Å². The summed E-state index contributed by atoms with van der Waals surface area (Å²) >= 11 is 0. The van der Waals surface area contributed by atoms with Crippen molar-refractivity contribution in [3.05, 3.63) is 88.6 Å². The smallest absolute Gasteiger partial charge is 0.333 e. The van der Waals surface area contributed by atoms with Gasteiger partial charge in [-0.15, -0.1) is 0 Å². The number of nitrogens with one attached hydrogen (secondary N) is 3. The molecule has 0 radical (unpaired) electrons. The van der Waals surface area contributed by atoms with Crippen LogP contribution in [0.3, 0.4) is 0 Å². The summed E-state index contributed by atoms with van der Waals surface area (Å²) in [7, 11) is -0.977. The van der Waals surface area contributed by atoms with Crippen molar-refractivity contribution in [1.29, 1.82) is 0 Å². The van der Waals surface area contributed by atoms with Crippen molar-refractivity contribution < 1.29 is 32.0 Å². The summed E-state index contributed by atoms with van der Waals surface area (Å²) in [5, 5.41) is 5.98. The van der Waals surface area contributed by atoms with E-state index in [9.17, 15) is 22.8 Å². The molecule has 2 heterocycles. The van der Waals surface area contributed by atoms with Gasteiger partial charge in [0.2, 0.25) is 21.6 Å². The molecule has 1 aliphatic carbocycles. The van der Waals surface area contributed by atoms with Crippen LogP contribution < -0.4 is 15.4 Å². The fourth-order valence-electron chi connectivity index (χ4n) is 5.52. The molecule has 0 saturated heterocycles. The van der Waals surface area contributed by atoms with E-state index in [1.54, 1.807) is 38.2 Å². The fourth-order valence-corrected chi connectivity index (χ4v) is 6.67. The minimum atomic E-state index is -3.80. The minimum Gasteiger partial charge on any atom is -0.467 e. The molecule has 12 heteroatoms. The lowest BCUT2D eigenvalue weighted by atomic mass is 10.0. The Kier molecular flexibility index (Phi) is 10.4. The number of benzene rings is 2. The van der Waals surface area contributed by atoms with Gasteiger partial charge in [-0.25, -0.2) is 22.9 Å². The molecule has 11 nitrogen and oxygen atoms in total. The molecule has 0 unspecified atom stereocenters. The lowest BCUT2D eigenvalue weighted by Gasteiger charge is -2.19. The second kappa shape index (κ2) is 14.5. The second-order valence-corrected chi connectivity index (χ2v) is 13.8. The van der Waals surface area contributed by atoms with E-state index in [1.807, 2.05) is 43.3 Å². The molecule has 2 aromatic heterocycles. The maximum absolute atomic E-state index is 13.2. The molecule has 2 aromatic carbocycles. The maximum atomic E-state index is 13.2. The number of carbonyl (C=O) groups is 3. The van der Waals surface area contributed by atoms with Gasteiger partial charge in [-0.1, -0.05) is 67.1 Å². The molecular formula is C35H40N4O7S. The Morgan fingerprint density at radius 3 is 2.40 bits per heavy atom. The Labute approximate surface area is 274 Å². The Balaban J connectivity index is 1.26. The van der Waals surface area contributed by atoms with Gasteiger partial charge in [0.05, 0.1) is 23.8 Å². The van der Waals surface area contributed by atoms with Crippen LogP contribution in [-0.4, -0.2) is 51.9 Å². The second-order valence-electron chi connectivity index (χ2n) is 12.0. The van der Waals surface area contributed by atoms with Crippen LogP contribution in [-0.2, 0) is 30.1 Å². The van der Waals surface area contributed by atoms with Crippen LogP contribution in [0.2, 0.25) is 0 Å². The van der Waals surface area contributed by atoms with E-state index in [0.717, 1.165) is 29.5 Å². The molecule has 248 valence electrons. The fraction of sp³-hybridized carbons (Fsp3) is 0.371. The van der Waals surface area contributed by atoms with Gasteiger partial charge in [-0.3, -0.25) is 9.59 Å². The van der Waals surface area contributed by atoms with Gasteiger partial charge in [0, 0.05) is 25.1 Å². The van der Waals surface area contributed by atoms with Gasteiger partial charge >= 0.3 is 5.97 Å². The SMILES string of the molecule is CNC(=O)c1c(-c2ccc(C)cc2)oc2nc(CS(=O)(=O)NCCC[C@@H](C)C(=O)N[C@H](C(=O)OC)c3ccccc3)c(C3CC3)cc12. The topological polar surface area (TPSA) is 157 Å². The van der Waals surface area contributed by atoms with Crippen molar-refractivity contribution in [3.63, 3.8) is 0 Å². The van der Waals surface area contributed by atoms with Crippen LogP contribution in [0.5, 0.6) is 0 Å². The largest absolute Gasteiger partial charge is 0.467 e. The molecule has 4 aromatic rings. The summed E-state index contributed by atoms with van der Waals surface area (Å²) < 4.78 is 40.1. The van der Waals surface area contributed by atoms with Crippen LogP contribution >= 0.6 is 0 Å². The number of aromatic nitrogens is 1. The van der Waals surface area contributed by atoms with Crippen molar-refractivity contribution in [1.82, 2.24) is 20.3 Å². The van der Waals surface area contributed by atoms with Gasteiger partial charge in [-0.2, -0.15) is 0 Å². The van der Waals surface area contributed by atoms with Crippen molar-refractivity contribution in [2.45, 2.75) is 57.2 Å². The maximum Gasteiger partial charge on any atom is 0.333 e. The number of esters is 1. The number of hydrogen-bond donors (Lipinski definition) is 3. The molecule has 0 spiro atoms. The third-order valence-electron chi connectivity index (χ3n) is 8.35. The normalized spacial score (nSPS) is 14.4. The number of aryl methyl sites for hydroxylation is 1. The molecule has 0 bridgehead atoms. The molecule has 2 atom stereocenters. The Morgan fingerprint density at radius 1 is 1.06 bits per heavy atom. The highest BCUT2D eigenvalue weighted by atomic mass is 32.2. The molecule has 3 N–H and O–H groups in total. The lowest BCUT2D eigenvalue weighted by molar-refractivity contribution is -0.145. The Hall–Kier alpha value is -4.55. The molecule has 1 fully saturated rings. The predicted molar refractivity (Wildman–Crippen MR) is 178 cm³/mol. The molecule has 0 aliphatic heterocycles. The zero-order chi connectivity index (χ0) is 33.7. The number of nitrogens with zero attached hydrogens (tertiary/aromatic N) is 1. The van der Waals surface area contributed by atoms with Crippen LogP contribution in [0.1, 0.15) is 77.3 Å². The molecule has 1 aliphatic rings. The highest BCUT2D eigenvalue weighted by Gasteiger charge is 2.32. The first-order valence-corrected chi connectivity index (χ1v) is 17.3. The first kappa shape index (κ1) is 33.8. The first-order valence-electron chi connectivity index (χ1n) is 15.7. The van der Waals surface area contributed by atoms with Gasteiger partial charge in [0.1, 0.15) is 11.5 Å². The summed E-state index contributed by atoms with van der Waals surface area (Å²) in [4.78, 5) is 42.9.